The molecule has 0 aliphatic heterocycles. The van der Waals surface area contributed by atoms with E-state index in [0.29, 0.717) is 0 Å². The summed E-state index contributed by atoms with van der Waals surface area (Å²) in [6, 6.07) is 10.4. The molecule has 0 amide bonds. The van der Waals surface area contributed by atoms with E-state index in [2.05, 4.69) is 52.2 Å². The van der Waals surface area contributed by atoms with Crippen LogP contribution in [0.25, 0.3) is 0 Å². The molecular formula is C12H16GeS. The zero-order chi connectivity index (χ0) is 10.4. The minimum absolute atomic E-state index is 0.923. The van der Waals surface area contributed by atoms with E-state index in [9.17, 15) is 0 Å². The third kappa shape index (κ3) is 5.41. The van der Waals surface area contributed by atoms with Gasteiger partial charge in [-0.1, -0.05) is 0 Å². The summed E-state index contributed by atoms with van der Waals surface area (Å²) in [6.07, 6.45) is 0. The summed E-state index contributed by atoms with van der Waals surface area (Å²) in [7, 11) is 0. The van der Waals surface area contributed by atoms with E-state index >= 15 is 0 Å². The first-order valence-corrected chi connectivity index (χ1v) is 13.1. The van der Waals surface area contributed by atoms with Gasteiger partial charge in [0.05, 0.1) is 0 Å². The Morgan fingerprint density at radius 3 is 2.36 bits per heavy atom. The Labute approximate surface area is 93.8 Å². The summed E-state index contributed by atoms with van der Waals surface area (Å²) < 4.78 is 3.41. The van der Waals surface area contributed by atoms with Crippen molar-refractivity contribution in [1.82, 2.24) is 0 Å². The van der Waals surface area contributed by atoms with Crippen molar-refractivity contribution >= 4 is 25.0 Å². The van der Waals surface area contributed by atoms with Gasteiger partial charge in [-0.3, -0.25) is 0 Å². The van der Waals surface area contributed by atoms with Gasteiger partial charge >= 0.3 is 94.0 Å². The van der Waals surface area contributed by atoms with Crippen LogP contribution in [-0.4, -0.2) is 19.0 Å². The van der Waals surface area contributed by atoms with Gasteiger partial charge in [-0.2, -0.15) is 0 Å². The second-order valence-electron chi connectivity index (χ2n) is 4.15. The van der Waals surface area contributed by atoms with Gasteiger partial charge in [-0.05, 0) is 0 Å². The van der Waals surface area contributed by atoms with E-state index in [4.69, 9.17) is 0 Å². The van der Waals surface area contributed by atoms with Gasteiger partial charge in [0.15, 0.2) is 0 Å². The van der Waals surface area contributed by atoms with E-state index in [0.717, 1.165) is 5.75 Å². The molecule has 1 aromatic rings. The van der Waals surface area contributed by atoms with Gasteiger partial charge in [0.25, 0.3) is 0 Å². The standard InChI is InChI=1S/C12H16GeS/c1-13(2,3)10-7-11-14-12-8-5-4-6-9-12/h4-6,8-9H,11H2,1-3H3. The summed E-state index contributed by atoms with van der Waals surface area (Å²) in [5.74, 6) is 11.2. The van der Waals surface area contributed by atoms with Gasteiger partial charge in [-0.15, -0.1) is 0 Å². The molecule has 0 aliphatic rings. The van der Waals surface area contributed by atoms with Gasteiger partial charge in [-0.25, -0.2) is 0 Å². The van der Waals surface area contributed by atoms with Crippen molar-refractivity contribution in [2.45, 2.75) is 22.2 Å². The Morgan fingerprint density at radius 2 is 1.79 bits per heavy atom. The summed E-state index contributed by atoms with van der Waals surface area (Å²) in [6.45, 7) is 0. The zero-order valence-corrected chi connectivity index (χ0v) is 11.9. The molecular weight excluding hydrogens is 249 g/mol. The van der Waals surface area contributed by atoms with Crippen molar-refractivity contribution in [3.63, 3.8) is 0 Å². The Kier molecular flexibility index (Phi) is 4.64. The molecule has 0 aliphatic carbocycles. The zero-order valence-electron chi connectivity index (χ0n) is 9.00. The molecule has 0 heterocycles. The molecule has 0 aromatic heterocycles. The fourth-order valence-electron chi connectivity index (χ4n) is 0.937. The molecule has 0 radical (unpaired) electrons. The Hall–Kier alpha value is -0.327. The van der Waals surface area contributed by atoms with Crippen LogP contribution in [0.15, 0.2) is 35.2 Å². The van der Waals surface area contributed by atoms with Crippen molar-refractivity contribution in [2.24, 2.45) is 0 Å². The molecule has 0 N–H and O–H groups in total. The molecule has 74 valence electrons. The first-order valence-electron chi connectivity index (χ1n) is 4.76. The first-order chi connectivity index (χ1) is 6.58. The molecule has 0 bridgehead atoms. The van der Waals surface area contributed by atoms with Crippen LogP contribution in [0.2, 0.25) is 17.3 Å². The Morgan fingerprint density at radius 1 is 1.14 bits per heavy atom. The molecule has 0 nitrogen and oxygen atoms in total. The molecule has 2 heteroatoms. The summed E-state index contributed by atoms with van der Waals surface area (Å²) in [5.41, 5.74) is 0. The molecule has 0 saturated heterocycles. The number of thioether (sulfide) groups is 1. The topological polar surface area (TPSA) is 0 Å². The van der Waals surface area contributed by atoms with Crippen molar-refractivity contribution in [1.29, 1.82) is 0 Å². The van der Waals surface area contributed by atoms with Crippen LogP contribution in [0.5, 0.6) is 0 Å². The molecule has 14 heavy (non-hydrogen) atoms. The second-order valence-corrected chi connectivity index (χ2v) is 15.2. The molecule has 0 spiro atoms. The van der Waals surface area contributed by atoms with Gasteiger partial charge in [0.2, 0.25) is 0 Å². The number of benzene rings is 1. The molecule has 0 fully saturated rings. The van der Waals surface area contributed by atoms with E-state index in [1.807, 2.05) is 17.8 Å². The average molecular weight is 265 g/mol. The van der Waals surface area contributed by atoms with E-state index in [1.54, 1.807) is 0 Å². The van der Waals surface area contributed by atoms with Crippen LogP contribution in [-0.2, 0) is 0 Å². The summed E-state index contributed by atoms with van der Waals surface area (Å²) in [4.78, 5) is 1.31. The molecule has 0 atom stereocenters. The van der Waals surface area contributed by atoms with Gasteiger partial charge in [0.1, 0.15) is 0 Å². The Balaban J connectivity index is 2.39. The SMILES string of the molecule is [CH3][Ge]([CH3])([CH3])[C]#CCSc1ccccc1. The fourth-order valence-corrected chi connectivity index (χ4v) is 3.16. The van der Waals surface area contributed by atoms with Crippen LogP contribution >= 0.6 is 11.8 Å². The maximum absolute atomic E-state index is 3.41. The predicted octanol–water partition coefficient (Wildman–Crippen LogP) is 3.66. The van der Waals surface area contributed by atoms with Crippen LogP contribution in [0, 0.1) is 10.7 Å². The Bertz CT molecular complexity index is 327. The van der Waals surface area contributed by atoms with Gasteiger partial charge < -0.3 is 0 Å². The normalized spacial score (nSPS) is 10.5. The maximum atomic E-state index is 3.41. The van der Waals surface area contributed by atoms with E-state index in [1.165, 1.54) is 4.90 Å². The summed E-state index contributed by atoms with van der Waals surface area (Å²) >= 11 is 0.195. The second kappa shape index (κ2) is 5.53. The molecule has 1 rings (SSSR count). The number of rotatable bonds is 2. The van der Waals surface area contributed by atoms with Crippen LogP contribution < -0.4 is 0 Å². The first kappa shape index (κ1) is 11.7. The van der Waals surface area contributed by atoms with Crippen molar-refractivity contribution in [3.8, 4) is 10.7 Å². The van der Waals surface area contributed by atoms with Gasteiger partial charge in [0, 0.05) is 0 Å². The fraction of sp³-hybridized carbons (Fsp3) is 0.333. The van der Waals surface area contributed by atoms with Crippen molar-refractivity contribution < 1.29 is 0 Å². The molecule has 0 unspecified atom stereocenters. The van der Waals surface area contributed by atoms with Crippen LogP contribution in [0.3, 0.4) is 0 Å². The van der Waals surface area contributed by atoms with Crippen molar-refractivity contribution in [3.05, 3.63) is 30.3 Å². The molecule has 1 aromatic carbocycles. The van der Waals surface area contributed by atoms with Crippen LogP contribution in [0.1, 0.15) is 0 Å². The predicted molar refractivity (Wildman–Crippen MR) is 68.3 cm³/mol. The van der Waals surface area contributed by atoms with E-state index < -0.39 is 13.3 Å². The third-order valence-electron chi connectivity index (χ3n) is 1.52. The summed E-state index contributed by atoms with van der Waals surface area (Å²) in [5, 5.41) is 0. The average Bonchev–Trinajstić information content (AvgIpc) is 2.13. The van der Waals surface area contributed by atoms with E-state index in [-0.39, 0.29) is 0 Å². The van der Waals surface area contributed by atoms with Crippen molar-refractivity contribution in [2.75, 3.05) is 5.75 Å². The molecule has 0 saturated carbocycles. The third-order valence-corrected chi connectivity index (χ3v) is 4.36. The quantitative estimate of drug-likeness (QED) is 0.446. The van der Waals surface area contributed by atoms with Crippen LogP contribution in [0.4, 0.5) is 0 Å². The number of hydrogen-bond acceptors (Lipinski definition) is 1. The minimum atomic E-state index is -1.62. The monoisotopic (exact) mass is 266 g/mol. The number of hydrogen-bond donors (Lipinski definition) is 0.